The Labute approximate surface area is 112 Å². The number of carbonyl (C=O) groups is 1. The Kier molecular flexibility index (Phi) is 5.62. The molecule has 6 nitrogen and oxygen atoms in total. The molecule has 0 bridgehead atoms. The Morgan fingerprint density at radius 1 is 1.32 bits per heavy atom. The van der Waals surface area contributed by atoms with E-state index in [9.17, 15) is 13.2 Å². The van der Waals surface area contributed by atoms with Gasteiger partial charge in [0.1, 0.15) is 5.75 Å². The van der Waals surface area contributed by atoms with Gasteiger partial charge in [-0.2, -0.15) is 0 Å². The molecule has 0 spiro atoms. The quantitative estimate of drug-likeness (QED) is 0.766. The van der Waals surface area contributed by atoms with Gasteiger partial charge in [0.05, 0.1) is 25.7 Å². The summed E-state index contributed by atoms with van der Waals surface area (Å²) in [7, 11) is -0.704. The van der Waals surface area contributed by atoms with E-state index in [0.717, 1.165) is 0 Å². The lowest BCUT2D eigenvalue weighted by Crippen LogP contribution is -2.17. The summed E-state index contributed by atoms with van der Waals surface area (Å²) >= 11 is 0. The number of anilines is 1. The van der Waals surface area contributed by atoms with Crippen molar-refractivity contribution in [2.24, 2.45) is 0 Å². The Hall–Kier alpha value is -1.76. The molecule has 0 aliphatic rings. The Morgan fingerprint density at radius 2 is 2.05 bits per heavy atom. The summed E-state index contributed by atoms with van der Waals surface area (Å²) in [6.45, 7) is 0. The van der Waals surface area contributed by atoms with Gasteiger partial charge in [-0.1, -0.05) is 6.07 Å². The molecule has 19 heavy (non-hydrogen) atoms. The summed E-state index contributed by atoms with van der Waals surface area (Å²) in [5, 5.41) is 0. The molecule has 1 aromatic carbocycles. The first kappa shape index (κ1) is 15.3. The number of methoxy groups -OCH3 is 2. The van der Waals surface area contributed by atoms with Gasteiger partial charge in [0, 0.05) is 12.5 Å². The average molecular weight is 287 g/mol. The monoisotopic (exact) mass is 287 g/mol. The van der Waals surface area contributed by atoms with Crippen molar-refractivity contribution in [2.45, 2.75) is 12.8 Å². The van der Waals surface area contributed by atoms with Crippen molar-refractivity contribution in [3.63, 3.8) is 0 Å². The zero-order chi connectivity index (χ0) is 14.3. The number of ether oxygens (including phenoxy) is 2. The maximum atomic E-state index is 11.8. The van der Waals surface area contributed by atoms with Crippen LogP contribution in [0.25, 0.3) is 0 Å². The smallest absolute Gasteiger partial charge is 0.305 e. The van der Waals surface area contributed by atoms with E-state index in [4.69, 9.17) is 4.74 Å². The molecule has 0 atom stereocenters. The number of benzene rings is 1. The summed E-state index contributed by atoms with van der Waals surface area (Å²) in [6.07, 6.45) is 0.293. The van der Waals surface area contributed by atoms with Crippen LogP contribution in [0.2, 0.25) is 0 Å². The molecule has 0 heterocycles. The van der Waals surface area contributed by atoms with Crippen molar-refractivity contribution >= 4 is 21.7 Å². The number of sulfonamides is 1. The van der Waals surface area contributed by atoms with E-state index < -0.39 is 16.0 Å². The summed E-state index contributed by atoms with van der Waals surface area (Å²) in [5.74, 6) is 0.00519. The SMILES string of the molecule is COC(=O)CCCS(=O)(=O)Nc1cccc(OC)c1. The molecule has 0 aromatic heterocycles. The third kappa shape index (κ3) is 5.60. The van der Waals surface area contributed by atoms with Crippen molar-refractivity contribution in [3.8, 4) is 5.75 Å². The van der Waals surface area contributed by atoms with Crippen LogP contribution < -0.4 is 9.46 Å². The molecule has 106 valence electrons. The van der Waals surface area contributed by atoms with E-state index >= 15 is 0 Å². The number of esters is 1. The van der Waals surface area contributed by atoms with Crippen LogP contribution in [0.1, 0.15) is 12.8 Å². The van der Waals surface area contributed by atoms with E-state index in [1.165, 1.54) is 14.2 Å². The molecular formula is C12H17NO5S. The minimum Gasteiger partial charge on any atom is -0.497 e. The molecule has 1 rings (SSSR count). The topological polar surface area (TPSA) is 81.7 Å². The van der Waals surface area contributed by atoms with E-state index in [0.29, 0.717) is 11.4 Å². The molecule has 0 fully saturated rings. The molecule has 0 aliphatic heterocycles. The molecule has 0 amide bonds. The van der Waals surface area contributed by atoms with Crippen LogP contribution in [0.15, 0.2) is 24.3 Å². The fourth-order valence-corrected chi connectivity index (χ4v) is 2.54. The van der Waals surface area contributed by atoms with Gasteiger partial charge in [0.25, 0.3) is 0 Å². The fourth-order valence-electron chi connectivity index (χ4n) is 1.43. The number of carbonyl (C=O) groups excluding carboxylic acids is 1. The van der Waals surface area contributed by atoms with E-state index in [1.807, 2.05) is 0 Å². The van der Waals surface area contributed by atoms with Crippen molar-refractivity contribution < 1.29 is 22.7 Å². The third-order valence-electron chi connectivity index (χ3n) is 2.36. The lowest BCUT2D eigenvalue weighted by Gasteiger charge is -2.08. The second kappa shape index (κ2) is 6.98. The second-order valence-corrected chi connectivity index (χ2v) is 5.67. The van der Waals surface area contributed by atoms with E-state index in [1.54, 1.807) is 24.3 Å². The zero-order valence-electron chi connectivity index (χ0n) is 10.9. The Morgan fingerprint density at radius 3 is 2.68 bits per heavy atom. The molecule has 0 unspecified atom stereocenters. The predicted molar refractivity (Wildman–Crippen MR) is 71.7 cm³/mol. The van der Waals surface area contributed by atoms with Gasteiger partial charge in [0.15, 0.2) is 0 Å². The van der Waals surface area contributed by atoms with Crippen LogP contribution in [0.3, 0.4) is 0 Å². The van der Waals surface area contributed by atoms with Gasteiger partial charge in [-0.05, 0) is 18.6 Å². The number of hydrogen-bond donors (Lipinski definition) is 1. The highest BCUT2D eigenvalue weighted by Crippen LogP contribution is 2.18. The highest BCUT2D eigenvalue weighted by Gasteiger charge is 2.12. The van der Waals surface area contributed by atoms with Gasteiger partial charge in [-0.3, -0.25) is 9.52 Å². The summed E-state index contributed by atoms with van der Waals surface area (Å²) in [5.41, 5.74) is 0.428. The minimum atomic E-state index is -3.48. The van der Waals surface area contributed by atoms with Gasteiger partial charge in [-0.15, -0.1) is 0 Å². The van der Waals surface area contributed by atoms with E-state index in [2.05, 4.69) is 9.46 Å². The largest absolute Gasteiger partial charge is 0.497 e. The number of rotatable bonds is 7. The van der Waals surface area contributed by atoms with E-state index in [-0.39, 0.29) is 18.6 Å². The van der Waals surface area contributed by atoms with Crippen LogP contribution in [-0.2, 0) is 19.6 Å². The van der Waals surface area contributed by atoms with Crippen molar-refractivity contribution in [3.05, 3.63) is 24.3 Å². The highest BCUT2D eigenvalue weighted by molar-refractivity contribution is 7.92. The standard InChI is InChI=1S/C12H17NO5S/c1-17-11-6-3-5-10(9-11)13-19(15,16)8-4-7-12(14)18-2/h3,5-6,9,13H,4,7-8H2,1-2H3. The minimum absolute atomic E-state index is 0.0789. The molecule has 0 saturated heterocycles. The normalized spacial score (nSPS) is 10.8. The van der Waals surface area contributed by atoms with Crippen LogP contribution in [0, 0.1) is 0 Å². The lowest BCUT2D eigenvalue weighted by atomic mass is 10.3. The van der Waals surface area contributed by atoms with Crippen LogP contribution in [0.5, 0.6) is 5.75 Å². The lowest BCUT2D eigenvalue weighted by molar-refractivity contribution is -0.140. The molecule has 0 saturated carbocycles. The maximum Gasteiger partial charge on any atom is 0.305 e. The first-order valence-corrected chi connectivity index (χ1v) is 7.33. The van der Waals surface area contributed by atoms with Gasteiger partial charge in [0.2, 0.25) is 10.0 Å². The second-order valence-electron chi connectivity index (χ2n) is 3.83. The summed E-state index contributed by atoms with van der Waals surface area (Å²) < 4.78 is 35.4. The highest BCUT2D eigenvalue weighted by atomic mass is 32.2. The molecule has 0 aliphatic carbocycles. The number of nitrogens with one attached hydrogen (secondary N) is 1. The summed E-state index contributed by atoms with van der Waals surface area (Å²) in [4.78, 5) is 10.9. The molecule has 0 radical (unpaired) electrons. The zero-order valence-corrected chi connectivity index (χ0v) is 11.7. The van der Waals surface area contributed by atoms with Crippen LogP contribution in [0.4, 0.5) is 5.69 Å². The van der Waals surface area contributed by atoms with Crippen LogP contribution >= 0.6 is 0 Å². The van der Waals surface area contributed by atoms with Crippen molar-refractivity contribution in [1.82, 2.24) is 0 Å². The fraction of sp³-hybridized carbons (Fsp3) is 0.417. The number of hydrogen-bond acceptors (Lipinski definition) is 5. The molecule has 7 heteroatoms. The average Bonchev–Trinajstić information content (AvgIpc) is 2.37. The summed E-state index contributed by atoms with van der Waals surface area (Å²) in [6, 6.07) is 6.61. The first-order chi connectivity index (χ1) is 8.96. The van der Waals surface area contributed by atoms with Crippen molar-refractivity contribution in [2.75, 3.05) is 24.7 Å². The molecule has 1 aromatic rings. The van der Waals surface area contributed by atoms with Crippen molar-refractivity contribution in [1.29, 1.82) is 0 Å². The first-order valence-electron chi connectivity index (χ1n) is 5.68. The third-order valence-corrected chi connectivity index (χ3v) is 3.74. The van der Waals surface area contributed by atoms with Gasteiger partial charge < -0.3 is 9.47 Å². The maximum absolute atomic E-state index is 11.8. The molecular weight excluding hydrogens is 270 g/mol. The van der Waals surface area contributed by atoms with Gasteiger partial charge >= 0.3 is 5.97 Å². The van der Waals surface area contributed by atoms with Gasteiger partial charge in [-0.25, -0.2) is 8.42 Å². The van der Waals surface area contributed by atoms with Crippen LogP contribution in [-0.4, -0.2) is 34.4 Å². The molecule has 1 N–H and O–H groups in total. The Balaban J connectivity index is 2.56. The predicted octanol–water partition coefficient (Wildman–Crippen LogP) is 1.39. The Bertz CT molecular complexity index is 527.